The van der Waals surface area contributed by atoms with Gasteiger partial charge in [0.05, 0.1) is 17.7 Å². The number of rotatable bonds is 6. The zero-order valence-corrected chi connectivity index (χ0v) is 11.7. The molecule has 2 aromatic heterocycles. The SMILES string of the molecule is CNc1ccc([N+](=O)[O-])c(N(Cc2ccco2)C2CC2)n1. The fourth-order valence-electron chi connectivity index (χ4n) is 2.27. The van der Waals surface area contributed by atoms with Crippen LogP contribution in [0.5, 0.6) is 0 Å². The van der Waals surface area contributed by atoms with Crippen molar-refractivity contribution in [2.24, 2.45) is 0 Å². The predicted molar refractivity (Wildman–Crippen MR) is 78.4 cm³/mol. The third kappa shape index (κ3) is 2.81. The van der Waals surface area contributed by atoms with Crippen molar-refractivity contribution < 1.29 is 9.34 Å². The molecule has 0 saturated heterocycles. The first-order valence-corrected chi connectivity index (χ1v) is 6.81. The van der Waals surface area contributed by atoms with E-state index in [4.69, 9.17) is 4.42 Å². The second-order valence-electron chi connectivity index (χ2n) is 4.98. The van der Waals surface area contributed by atoms with E-state index >= 15 is 0 Å². The first-order valence-electron chi connectivity index (χ1n) is 6.81. The molecule has 0 unspecified atom stereocenters. The van der Waals surface area contributed by atoms with E-state index in [-0.39, 0.29) is 16.7 Å². The van der Waals surface area contributed by atoms with Gasteiger partial charge in [0.1, 0.15) is 11.6 Å². The molecule has 0 spiro atoms. The number of hydrogen-bond donors (Lipinski definition) is 1. The molecular weight excluding hydrogens is 272 g/mol. The lowest BCUT2D eigenvalue weighted by Crippen LogP contribution is -2.26. The number of aromatic nitrogens is 1. The normalized spacial score (nSPS) is 14.0. The number of furan rings is 1. The summed E-state index contributed by atoms with van der Waals surface area (Å²) in [6, 6.07) is 7.06. The van der Waals surface area contributed by atoms with Gasteiger partial charge in [0.2, 0.25) is 5.82 Å². The topological polar surface area (TPSA) is 84.4 Å². The molecule has 1 aliphatic carbocycles. The molecule has 3 rings (SSSR count). The van der Waals surface area contributed by atoms with E-state index in [2.05, 4.69) is 10.3 Å². The minimum Gasteiger partial charge on any atom is -0.467 e. The van der Waals surface area contributed by atoms with Crippen molar-refractivity contribution in [3.63, 3.8) is 0 Å². The standard InChI is InChI=1S/C14H16N4O3/c1-15-13-7-6-12(18(19)20)14(16-13)17(10-4-5-10)9-11-3-2-8-21-11/h2-3,6-8,10H,4-5,9H2,1H3,(H,15,16). The van der Waals surface area contributed by atoms with Gasteiger partial charge in [0.15, 0.2) is 0 Å². The molecule has 0 aliphatic heterocycles. The van der Waals surface area contributed by atoms with Crippen LogP contribution in [0.3, 0.4) is 0 Å². The Hall–Kier alpha value is -2.57. The highest BCUT2D eigenvalue weighted by Gasteiger charge is 2.34. The fourth-order valence-corrected chi connectivity index (χ4v) is 2.27. The van der Waals surface area contributed by atoms with Crippen LogP contribution in [-0.2, 0) is 6.54 Å². The van der Waals surface area contributed by atoms with Crippen molar-refractivity contribution in [1.29, 1.82) is 0 Å². The van der Waals surface area contributed by atoms with Gasteiger partial charge in [-0.2, -0.15) is 0 Å². The Bertz CT molecular complexity index is 638. The number of anilines is 2. The molecule has 0 radical (unpaired) electrons. The van der Waals surface area contributed by atoms with Crippen molar-refractivity contribution in [3.05, 3.63) is 46.4 Å². The van der Waals surface area contributed by atoms with Crippen LogP contribution >= 0.6 is 0 Å². The maximum Gasteiger partial charge on any atom is 0.311 e. The van der Waals surface area contributed by atoms with Crippen LogP contribution in [0.1, 0.15) is 18.6 Å². The van der Waals surface area contributed by atoms with E-state index in [0.717, 1.165) is 18.6 Å². The molecule has 1 aliphatic rings. The molecule has 1 saturated carbocycles. The van der Waals surface area contributed by atoms with Crippen LogP contribution in [0.2, 0.25) is 0 Å². The second kappa shape index (κ2) is 5.43. The molecule has 0 aromatic carbocycles. The van der Waals surface area contributed by atoms with E-state index in [1.807, 2.05) is 17.0 Å². The number of nitro groups is 1. The molecule has 1 fully saturated rings. The highest BCUT2D eigenvalue weighted by Crippen LogP contribution is 2.37. The molecule has 1 N–H and O–H groups in total. The summed E-state index contributed by atoms with van der Waals surface area (Å²) in [5.74, 6) is 1.78. The molecule has 0 amide bonds. The Kier molecular flexibility index (Phi) is 3.47. The fraction of sp³-hybridized carbons (Fsp3) is 0.357. The average Bonchev–Trinajstić information content (AvgIpc) is 3.20. The summed E-state index contributed by atoms with van der Waals surface area (Å²) >= 11 is 0. The Labute approximate surface area is 121 Å². The first-order chi connectivity index (χ1) is 10.2. The maximum atomic E-state index is 11.3. The van der Waals surface area contributed by atoms with Gasteiger partial charge in [-0.1, -0.05) is 0 Å². The summed E-state index contributed by atoms with van der Waals surface area (Å²) in [5.41, 5.74) is 0.0208. The Morgan fingerprint density at radius 1 is 1.48 bits per heavy atom. The van der Waals surface area contributed by atoms with Gasteiger partial charge in [-0.15, -0.1) is 0 Å². The van der Waals surface area contributed by atoms with Gasteiger partial charge in [-0.25, -0.2) is 4.98 Å². The zero-order valence-electron chi connectivity index (χ0n) is 11.7. The summed E-state index contributed by atoms with van der Waals surface area (Å²) in [7, 11) is 1.74. The largest absolute Gasteiger partial charge is 0.467 e. The lowest BCUT2D eigenvalue weighted by atomic mass is 10.3. The molecule has 7 heteroatoms. The molecule has 110 valence electrons. The third-order valence-corrected chi connectivity index (χ3v) is 3.47. The number of nitrogens with zero attached hydrogens (tertiary/aromatic N) is 3. The molecule has 0 atom stereocenters. The van der Waals surface area contributed by atoms with Crippen molar-refractivity contribution in [2.75, 3.05) is 17.3 Å². The van der Waals surface area contributed by atoms with Crippen molar-refractivity contribution >= 4 is 17.3 Å². The zero-order chi connectivity index (χ0) is 14.8. The predicted octanol–water partition coefficient (Wildman–Crippen LogP) is 2.79. The summed E-state index contributed by atoms with van der Waals surface area (Å²) in [5, 5.41) is 14.2. The Morgan fingerprint density at radius 2 is 2.29 bits per heavy atom. The highest BCUT2D eigenvalue weighted by molar-refractivity contribution is 5.62. The Balaban J connectivity index is 1.99. The smallest absolute Gasteiger partial charge is 0.311 e. The van der Waals surface area contributed by atoms with E-state index in [1.165, 1.54) is 6.07 Å². The van der Waals surface area contributed by atoms with Crippen molar-refractivity contribution in [1.82, 2.24) is 4.98 Å². The van der Waals surface area contributed by atoms with Gasteiger partial charge in [0.25, 0.3) is 0 Å². The van der Waals surface area contributed by atoms with Gasteiger partial charge in [0, 0.05) is 19.2 Å². The molecule has 7 nitrogen and oxygen atoms in total. The number of pyridine rings is 1. The average molecular weight is 288 g/mol. The van der Waals surface area contributed by atoms with Gasteiger partial charge >= 0.3 is 5.69 Å². The van der Waals surface area contributed by atoms with Crippen molar-refractivity contribution in [3.8, 4) is 0 Å². The van der Waals surface area contributed by atoms with Crippen LogP contribution < -0.4 is 10.2 Å². The summed E-state index contributed by atoms with van der Waals surface area (Å²) in [4.78, 5) is 17.2. The first kappa shape index (κ1) is 13.4. The van der Waals surface area contributed by atoms with Crippen LogP contribution in [0.25, 0.3) is 0 Å². The molecular formula is C14H16N4O3. The summed E-state index contributed by atoms with van der Waals surface area (Å²) in [6.07, 6.45) is 3.64. The quantitative estimate of drug-likeness (QED) is 0.650. The lowest BCUT2D eigenvalue weighted by Gasteiger charge is -2.22. The van der Waals surface area contributed by atoms with Gasteiger partial charge in [-0.3, -0.25) is 10.1 Å². The van der Waals surface area contributed by atoms with E-state index < -0.39 is 0 Å². The van der Waals surface area contributed by atoms with Crippen LogP contribution in [0, 0.1) is 10.1 Å². The maximum absolute atomic E-state index is 11.3. The number of nitrogens with one attached hydrogen (secondary N) is 1. The molecule has 0 bridgehead atoms. The summed E-state index contributed by atoms with van der Waals surface area (Å²) < 4.78 is 5.37. The Morgan fingerprint density at radius 3 is 2.86 bits per heavy atom. The van der Waals surface area contributed by atoms with Gasteiger partial charge < -0.3 is 14.6 Å². The minimum atomic E-state index is -0.390. The van der Waals surface area contributed by atoms with E-state index in [0.29, 0.717) is 18.2 Å². The van der Waals surface area contributed by atoms with Gasteiger partial charge in [-0.05, 0) is 31.0 Å². The highest BCUT2D eigenvalue weighted by atomic mass is 16.6. The summed E-state index contributed by atoms with van der Waals surface area (Å²) in [6.45, 7) is 0.485. The van der Waals surface area contributed by atoms with Crippen LogP contribution in [-0.4, -0.2) is 23.0 Å². The van der Waals surface area contributed by atoms with Crippen molar-refractivity contribution in [2.45, 2.75) is 25.4 Å². The monoisotopic (exact) mass is 288 g/mol. The minimum absolute atomic E-state index is 0.0208. The van der Waals surface area contributed by atoms with Crippen LogP contribution in [0.4, 0.5) is 17.3 Å². The van der Waals surface area contributed by atoms with E-state index in [9.17, 15) is 10.1 Å². The third-order valence-electron chi connectivity index (χ3n) is 3.47. The van der Waals surface area contributed by atoms with Crippen LogP contribution in [0.15, 0.2) is 34.9 Å². The molecule has 21 heavy (non-hydrogen) atoms. The number of hydrogen-bond acceptors (Lipinski definition) is 6. The molecule has 2 heterocycles. The van der Waals surface area contributed by atoms with E-state index in [1.54, 1.807) is 19.4 Å². The second-order valence-corrected chi connectivity index (χ2v) is 4.98. The molecule has 2 aromatic rings. The lowest BCUT2D eigenvalue weighted by molar-refractivity contribution is -0.384.